The average molecular weight is 311 g/mol. The SMILES string of the molecule is Cc1ccc(C(=O)OCC(=O)Nc2ccc(C)c(C)c2)c(C)c1. The summed E-state index contributed by atoms with van der Waals surface area (Å²) in [5.74, 6) is -0.843. The van der Waals surface area contributed by atoms with E-state index in [1.165, 1.54) is 0 Å². The lowest BCUT2D eigenvalue weighted by Gasteiger charge is -2.09. The molecule has 4 heteroatoms. The highest BCUT2D eigenvalue weighted by molar-refractivity contribution is 5.96. The third-order valence-electron chi connectivity index (χ3n) is 3.73. The first-order chi connectivity index (χ1) is 10.9. The van der Waals surface area contributed by atoms with Gasteiger partial charge in [0.1, 0.15) is 0 Å². The Labute approximate surface area is 136 Å². The minimum atomic E-state index is -0.488. The van der Waals surface area contributed by atoms with Crippen LogP contribution in [0.5, 0.6) is 0 Å². The van der Waals surface area contributed by atoms with Crippen LogP contribution in [-0.4, -0.2) is 18.5 Å². The molecule has 23 heavy (non-hydrogen) atoms. The van der Waals surface area contributed by atoms with Crippen LogP contribution < -0.4 is 5.32 Å². The van der Waals surface area contributed by atoms with Gasteiger partial charge in [0.2, 0.25) is 0 Å². The summed E-state index contributed by atoms with van der Waals surface area (Å²) in [6.07, 6.45) is 0. The fraction of sp³-hybridized carbons (Fsp3) is 0.263. The molecule has 1 amide bonds. The zero-order chi connectivity index (χ0) is 17.0. The highest BCUT2D eigenvalue weighted by Gasteiger charge is 2.13. The number of nitrogens with one attached hydrogen (secondary N) is 1. The average Bonchev–Trinajstić information content (AvgIpc) is 2.48. The van der Waals surface area contributed by atoms with E-state index in [4.69, 9.17) is 4.74 Å². The summed E-state index contributed by atoms with van der Waals surface area (Å²) in [5, 5.41) is 2.72. The Bertz CT molecular complexity index is 750. The predicted molar refractivity (Wildman–Crippen MR) is 90.7 cm³/mol. The lowest BCUT2D eigenvalue weighted by molar-refractivity contribution is -0.119. The molecule has 0 unspecified atom stereocenters. The van der Waals surface area contributed by atoms with Crippen LogP contribution in [0.3, 0.4) is 0 Å². The summed E-state index contributed by atoms with van der Waals surface area (Å²) in [4.78, 5) is 23.9. The molecule has 0 saturated heterocycles. The molecule has 1 N–H and O–H groups in total. The third-order valence-corrected chi connectivity index (χ3v) is 3.73. The third kappa shape index (κ3) is 4.42. The van der Waals surface area contributed by atoms with Gasteiger partial charge in [0.05, 0.1) is 5.56 Å². The Morgan fingerprint density at radius 1 is 0.913 bits per heavy atom. The number of hydrogen-bond donors (Lipinski definition) is 1. The van der Waals surface area contributed by atoms with Gasteiger partial charge in [0.25, 0.3) is 5.91 Å². The van der Waals surface area contributed by atoms with Crippen LogP contribution in [0.15, 0.2) is 36.4 Å². The Hall–Kier alpha value is -2.62. The minimum Gasteiger partial charge on any atom is -0.452 e. The summed E-state index contributed by atoms with van der Waals surface area (Å²) in [6.45, 7) is 7.48. The second-order valence-electron chi connectivity index (χ2n) is 5.74. The van der Waals surface area contributed by atoms with E-state index >= 15 is 0 Å². The molecule has 0 bridgehead atoms. The number of esters is 1. The highest BCUT2D eigenvalue weighted by Crippen LogP contribution is 2.14. The Kier molecular flexibility index (Phi) is 5.16. The van der Waals surface area contributed by atoms with Crippen molar-refractivity contribution in [2.75, 3.05) is 11.9 Å². The number of anilines is 1. The molecule has 0 aliphatic rings. The second-order valence-corrected chi connectivity index (χ2v) is 5.74. The Balaban J connectivity index is 1.93. The van der Waals surface area contributed by atoms with Crippen molar-refractivity contribution in [2.45, 2.75) is 27.7 Å². The Morgan fingerprint density at radius 3 is 2.30 bits per heavy atom. The molecule has 0 spiro atoms. The molecule has 0 aliphatic carbocycles. The van der Waals surface area contributed by atoms with E-state index in [1.54, 1.807) is 6.07 Å². The summed E-state index contributed by atoms with van der Waals surface area (Å²) in [6, 6.07) is 11.1. The van der Waals surface area contributed by atoms with Crippen LogP contribution in [0.25, 0.3) is 0 Å². The molecule has 120 valence electrons. The van der Waals surface area contributed by atoms with Crippen LogP contribution in [-0.2, 0) is 9.53 Å². The normalized spacial score (nSPS) is 10.3. The van der Waals surface area contributed by atoms with E-state index in [0.717, 1.165) is 22.3 Å². The number of ether oxygens (including phenoxy) is 1. The molecule has 2 aromatic rings. The highest BCUT2D eigenvalue weighted by atomic mass is 16.5. The van der Waals surface area contributed by atoms with E-state index in [0.29, 0.717) is 11.3 Å². The molecule has 0 atom stereocenters. The standard InChI is InChI=1S/C19H21NO3/c1-12-5-8-17(15(4)9-12)19(22)23-11-18(21)20-16-7-6-13(2)14(3)10-16/h5-10H,11H2,1-4H3,(H,20,21). The van der Waals surface area contributed by atoms with Crippen molar-refractivity contribution in [3.63, 3.8) is 0 Å². The minimum absolute atomic E-state index is 0.306. The van der Waals surface area contributed by atoms with Gasteiger partial charge in [0.15, 0.2) is 6.61 Å². The lowest BCUT2D eigenvalue weighted by atomic mass is 10.1. The molecule has 0 heterocycles. The number of carbonyl (C=O) groups excluding carboxylic acids is 2. The summed E-state index contributed by atoms with van der Waals surface area (Å²) >= 11 is 0. The summed E-state index contributed by atoms with van der Waals surface area (Å²) in [7, 11) is 0. The fourth-order valence-electron chi connectivity index (χ4n) is 2.27. The first-order valence-corrected chi connectivity index (χ1v) is 7.48. The van der Waals surface area contributed by atoms with Gasteiger partial charge < -0.3 is 10.1 Å². The van der Waals surface area contributed by atoms with Gasteiger partial charge in [0, 0.05) is 5.69 Å². The first kappa shape index (κ1) is 16.7. The van der Waals surface area contributed by atoms with Crippen LogP contribution in [0, 0.1) is 27.7 Å². The van der Waals surface area contributed by atoms with Crippen LogP contribution in [0.4, 0.5) is 5.69 Å². The van der Waals surface area contributed by atoms with Gasteiger partial charge in [-0.1, -0.05) is 23.8 Å². The van der Waals surface area contributed by atoms with Crippen LogP contribution in [0.1, 0.15) is 32.6 Å². The summed E-state index contributed by atoms with van der Waals surface area (Å²) in [5.41, 5.74) is 5.34. The largest absolute Gasteiger partial charge is 0.452 e. The number of hydrogen-bond acceptors (Lipinski definition) is 3. The molecular weight excluding hydrogens is 290 g/mol. The van der Waals surface area contributed by atoms with Gasteiger partial charge in [-0.3, -0.25) is 4.79 Å². The topological polar surface area (TPSA) is 55.4 Å². The van der Waals surface area contributed by atoms with Gasteiger partial charge in [-0.2, -0.15) is 0 Å². The predicted octanol–water partition coefficient (Wildman–Crippen LogP) is 3.72. The van der Waals surface area contributed by atoms with Crippen molar-refractivity contribution >= 4 is 17.6 Å². The number of aryl methyl sites for hydroxylation is 4. The van der Waals surface area contributed by atoms with Crippen molar-refractivity contribution in [2.24, 2.45) is 0 Å². The molecule has 2 rings (SSSR count). The zero-order valence-corrected chi connectivity index (χ0v) is 13.9. The van der Waals surface area contributed by atoms with Gasteiger partial charge in [-0.25, -0.2) is 4.79 Å². The smallest absolute Gasteiger partial charge is 0.338 e. The quantitative estimate of drug-likeness (QED) is 0.876. The van der Waals surface area contributed by atoms with Crippen molar-refractivity contribution in [1.82, 2.24) is 0 Å². The van der Waals surface area contributed by atoms with E-state index in [-0.39, 0.29) is 12.5 Å². The second kappa shape index (κ2) is 7.09. The number of carbonyl (C=O) groups is 2. The van der Waals surface area contributed by atoms with E-state index in [1.807, 2.05) is 58.0 Å². The van der Waals surface area contributed by atoms with Crippen molar-refractivity contribution in [3.8, 4) is 0 Å². The maximum Gasteiger partial charge on any atom is 0.338 e. The molecule has 0 fully saturated rings. The van der Waals surface area contributed by atoms with Gasteiger partial charge in [-0.15, -0.1) is 0 Å². The Morgan fingerprint density at radius 2 is 1.65 bits per heavy atom. The van der Waals surface area contributed by atoms with Gasteiger partial charge >= 0.3 is 5.97 Å². The molecule has 2 aromatic carbocycles. The van der Waals surface area contributed by atoms with Gasteiger partial charge in [-0.05, 0) is 62.6 Å². The number of amides is 1. The van der Waals surface area contributed by atoms with E-state index in [9.17, 15) is 9.59 Å². The maximum absolute atomic E-state index is 12.0. The monoisotopic (exact) mass is 311 g/mol. The van der Waals surface area contributed by atoms with Crippen molar-refractivity contribution < 1.29 is 14.3 Å². The summed E-state index contributed by atoms with van der Waals surface area (Å²) < 4.78 is 5.09. The molecule has 0 saturated carbocycles. The molecule has 4 nitrogen and oxygen atoms in total. The maximum atomic E-state index is 12.0. The van der Waals surface area contributed by atoms with E-state index < -0.39 is 5.97 Å². The number of benzene rings is 2. The molecule has 0 radical (unpaired) electrons. The molecular formula is C19H21NO3. The van der Waals surface area contributed by atoms with Crippen molar-refractivity contribution in [1.29, 1.82) is 0 Å². The van der Waals surface area contributed by atoms with Crippen LogP contribution in [0.2, 0.25) is 0 Å². The number of rotatable bonds is 4. The van der Waals surface area contributed by atoms with E-state index in [2.05, 4.69) is 5.32 Å². The first-order valence-electron chi connectivity index (χ1n) is 7.48. The van der Waals surface area contributed by atoms with Crippen LogP contribution >= 0.6 is 0 Å². The molecule has 0 aliphatic heterocycles. The fourth-order valence-corrected chi connectivity index (χ4v) is 2.27. The molecule has 0 aromatic heterocycles. The lowest BCUT2D eigenvalue weighted by Crippen LogP contribution is -2.21. The van der Waals surface area contributed by atoms with Crippen molar-refractivity contribution in [3.05, 3.63) is 64.2 Å². The zero-order valence-electron chi connectivity index (χ0n) is 13.9.